The molecule has 1 aliphatic heterocycles. The molecule has 1 saturated heterocycles. The Kier molecular flexibility index (Phi) is 4.59. The highest BCUT2D eigenvalue weighted by Gasteiger charge is 2.24. The molecule has 0 bridgehead atoms. The third-order valence-corrected chi connectivity index (χ3v) is 4.80. The van der Waals surface area contributed by atoms with Crippen LogP contribution in [0.5, 0.6) is 0 Å². The summed E-state index contributed by atoms with van der Waals surface area (Å²) in [5.41, 5.74) is 0.342. The van der Waals surface area contributed by atoms with Gasteiger partial charge in [-0.3, -0.25) is 0 Å². The zero-order valence-corrected chi connectivity index (χ0v) is 12.9. The predicted octanol–water partition coefficient (Wildman–Crippen LogP) is 2.52. The van der Waals surface area contributed by atoms with Crippen molar-refractivity contribution in [2.24, 2.45) is 0 Å². The summed E-state index contributed by atoms with van der Waals surface area (Å²) in [6, 6.07) is 2.53. The van der Waals surface area contributed by atoms with Gasteiger partial charge in [-0.1, -0.05) is 11.6 Å². The first-order valence-electron chi connectivity index (χ1n) is 5.82. The number of esters is 1. The molecule has 8 heteroatoms. The minimum Gasteiger partial charge on any atom is -0.456 e. The van der Waals surface area contributed by atoms with Gasteiger partial charge in [-0.15, -0.1) is 0 Å². The van der Waals surface area contributed by atoms with Crippen molar-refractivity contribution in [2.45, 2.75) is 24.3 Å². The predicted molar refractivity (Wildman–Crippen MR) is 73.9 cm³/mol. The average molecular weight is 339 g/mol. The maximum atomic E-state index is 12.0. The van der Waals surface area contributed by atoms with Crippen molar-refractivity contribution in [1.82, 2.24) is 0 Å². The average Bonchev–Trinajstić information content (AvgIpc) is 2.83. The normalized spacial score (nSPS) is 19.1. The summed E-state index contributed by atoms with van der Waals surface area (Å²) in [7, 11) is 1.34. The summed E-state index contributed by atoms with van der Waals surface area (Å²) in [6.07, 6.45) is 0.296. The quantitative estimate of drug-likeness (QED) is 0.625. The monoisotopic (exact) mass is 338 g/mol. The molecule has 1 fully saturated rings. The summed E-state index contributed by atoms with van der Waals surface area (Å²) < 4.78 is 33.2. The summed E-state index contributed by atoms with van der Waals surface area (Å²) in [5, 5.41) is 0.140. The summed E-state index contributed by atoms with van der Waals surface area (Å²) in [4.78, 5) is 11.8. The van der Waals surface area contributed by atoms with Gasteiger partial charge >= 0.3 is 5.97 Å². The van der Waals surface area contributed by atoms with Crippen LogP contribution in [0, 0.1) is 6.92 Å². The van der Waals surface area contributed by atoms with E-state index in [9.17, 15) is 13.2 Å². The van der Waals surface area contributed by atoms with Gasteiger partial charge in [-0.2, -0.15) is 0 Å². The second-order valence-electron chi connectivity index (χ2n) is 4.41. The van der Waals surface area contributed by atoms with Crippen LogP contribution in [0.4, 0.5) is 0 Å². The zero-order chi connectivity index (χ0) is 14.9. The lowest BCUT2D eigenvalue weighted by Crippen LogP contribution is -2.18. The molecule has 1 aromatic carbocycles. The Bertz CT molecular complexity index is 635. The van der Waals surface area contributed by atoms with Gasteiger partial charge in [0.15, 0.2) is 0 Å². The van der Waals surface area contributed by atoms with E-state index in [-0.39, 0.29) is 21.6 Å². The van der Waals surface area contributed by atoms with E-state index in [1.807, 2.05) is 0 Å². The van der Waals surface area contributed by atoms with Gasteiger partial charge < -0.3 is 9.47 Å². The molecule has 0 aromatic heterocycles. The van der Waals surface area contributed by atoms with E-state index in [4.69, 9.17) is 31.8 Å². The molecule has 110 valence electrons. The lowest BCUT2D eigenvalue weighted by Gasteiger charge is -2.12. The number of halogens is 2. The molecule has 0 aliphatic carbocycles. The Morgan fingerprint density at radius 1 is 1.45 bits per heavy atom. The van der Waals surface area contributed by atoms with Crippen molar-refractivity contribution < 1.29 is 22.7 Å². The Balaban J connectivity index is 2.32. The Hall–Kier alpha value is -0.820. The van der Waals surface area contributed by atoms with E-state index >= 15 is 0 Å². The van der Waals surface area contributed by atoms with Gasteiger partial charge in [-0.25, -0.2) is 13.2 Å². The molecule has 1 heterocycles. The van der Waals surface area contributed by atoms with Crippen LogP contribution in [-0.2, 0) is 18.5 Å². The third-order valence-electron chi connectivity index (χ3n) is 2.96. The molecule has 20 heavy (non-hydrogen) atoms. The molecule has 1 aliphatic rings. The minimum atomic E-state index is -3.98. The van der Waals surface area contributed by atoms with Crippen molar-refractivity contribution in [2.75, 3.05) is 13.2 Å². The van der Waals surface area contributed by atoms with E-state index in [0.29, 0.717) is 25.2 Å². The molecule has 1 unspecified atom stereocenters. The SMILES string of the molecule is Cc1c(Cl)cc(C(=O)OC2CCOC2)cc1S(=O)(=O)Cl. The molecule has 0 saturated carbocycles. The van der Waals surface area contributed by atoms with Crippen molar-refractivity contribution in [1.29, 1.82) is 0 Å². The van der Waals surface area contributed by atoms with Gasteiger partial charge in [0.1, 0.15) is 6.10 Å². The molecule has 0 amide bonds. The molecular weight excluding hydrogens is 327 g/mol. The summed E-state index contributed by atoms with van der Waals surface area (Å²) in [6.45, 7) is 2.39. The fourth-order valence-corrected chi connectivity index (χ4v) is 3.35. The molecule has 0 radical (unpaired) electrons. The van der Waals surface area contributed by atoms with E-state index in [0.717, 1.165) is 0 Å². The van der Waals surface area contributed by atoms with Crippen LogP contribution in [0.3, 0.4) is 0 Å². The molecule has 0 N–H and O–H groups in total. The lowest BCUT2D eigenvalue weighted by molar-refractivity contribution is 0.0270. The van der Waals surface area contributed by atoms with Gasteiger partial charge in [-0.05, 0) is 24.6 Å². The summed E-state index contributed by atoms with van der Waals surface area (Å²) in [5.74, 6) is -0.649. The number of carbonyl (C=O) groups excluding carboxylic acids is 1. The zero-order valence-electron chi connectivity index (χ0n) is 10.6. The van der Waals surface area contributed by atoms with Gasteiger partial charge in [0.25, 0.3) is 9.05 Å². The highest BCUT2D eigenvalue weighted by molar-refractivity contribution is 8.13. The van der Waals surface area contributed by atoms with Crippen molar-refractivity contribution >= 4 is 37.3 Å². The number of ether oxygens (including phenoxy) is 2. The van der Waals surface area contributed by atoms with Crippen molar-refractivity contribution in [3.05, 3.63) is 28.3 Å². The van der Waals surface area contributed by atoms with Crippen LogP contribution in [0.15, 0.2) is 17.0 Å². The van der Waals surface area contributed by atoms with Crippen LogP contribution in [0.1, 0.15) is 22.3 Å². The summed E-state index contributed by atoms with van der Waals surface area (Å²) >= 11 is 5.93. The second kappa shape index (κ2) is 5.89. The number of carbonyl (C=O) groups is 1. The van der Waals surface area contributed by atoms with E-state index in [1.165, 1.54) is 19.1 Å². The third kappa shape index (κ3) is 3.44. The van der Waals surface area contributed by atoms with Gasteiger partial charge in [0, 0.05) is 22.1 Å². The van der Waals surface area contributed by atoms with Crippen LogP contribution in [0.25, 0.3) is 0 Å². The van der Waals surface area contributed by atoms with Gasteiger partial charge in [0.2, 0.25) is 0 Å². The Morgan fingerprint density at radius 3 is 2.70 bits per heavy atom. The lowest BCUT2D eigenvalue weighted by atomic mass is 10.1. The molecule has 2 rings (SSSR count). The number of hydrogen-bond acceptors (Lipinski definition) is 5. The fraction of sp³-hybridized carbons (Fsp3) is 0.417. The first-order valence-corrected chi connectivity index (χ1v) is 8.51. The molecular formula is C12H12Cl2O5S. The van der Waals surface area contributed by atoms with Crippen LogP contribution >= 0.6 is 22.3 Å². The first-order chi connectivity index (χ1) is 9.29. The number of benzene rings is 1. The number of rotatable bonds is 3. The largest absolute Gasteiger partial charge is 0.456 e. The highest BCUT2D eigenvalue weighted by Crippen LogP contribution is 2.28. The smallest absolute Gasteiger partial charge is 0.338 e. The van der Waals surface area contributed by atoms with Crippen LogP contribution in [0.2, 0.25) is 5.02 Å². The molecule has 1 atom stereocenters. The van der Waals surface area contributed by atoms with Crippen LogP contribution in [-0.4, -0.2) is 33.7 Å². The molecule has 5 nitrogen and oxygen atoms in total. The highest BCUT2D eigenvalue weighted by atomic mass is 35.7. The Morgan fingerprint density at radius 2 is 2.15 bits per heavy atom. The van der Waals surface area contributed by atoms with E-state index in [2.05, 4.69) is 0 Å². The Labute approximate surface area is 126 Å². The van der Waals surface area contributed by atoms with E-state index < -0.39 is 15.0 Å². The second-order valence-corrected chi connectivity index (χ2v) is 7.35. The number of hydrogen-bond donors (Lipinski definition) is 0. The maximum absolute atomic E-state index is 12.0. The topological polar surface area (TPSA) is 69.7 Å². The van der Waals surface area contributed by atoms with Crippen molar-refractivity contribution in [3.63, 3.8) is 0 Å². The standard InChI is InChI=1S/C12H12Cl2O5S/c1-7-10(13)4-8(5-11(7)20(14,16)17)12(15)19-9-2-3-18-6-9/h4-5,9H,2-3,6H2,1H3. The fourth-order valence-electron chi connectivity index (χ4n) is 1.85. The van der Waals surface area contributed by atoms with Crippen LogP contribution < -0.4 is 0 Å². The maximum Gasteiger partial charge on any atom is 0.338 e. The first kappa shape index (κ1) is 15.6. The van der Waals surface area contributed by atoms with Gasteiger partial charge in [0.05, 0.1) is 23.7 Å². The van der Waals surface area contributed by atoms with E-state index in [1.54, 1.807) is 0 Å². The van der Waals surface area contributed by atoms with Crippen molar-refractivity contribution in [3.8, 4) is 0 Å². The molecule has 0 spiro atoms. The molecule has 1 aromatic rings. The minimum absolute atomic E-state index is 0.0479.